The van der Waals surface area contributed by atoms with Gasteiger partial charge in [-0.05, 0) is 43.3 Å². The zero-order valence-corrected chi connectivity index (χ0v) is 18.9. The van der Waals surface area contributed by atoms with E-state index in [1.165, 1.54) is 32.4 Å². The lowest BCUT2D eigenvalue weighted by Gasteiger charge is -2.24. The van der Waals surface area contributed by atoms with Crippen molar-refractivity contribution >= 4 is 21.6 Å². The van der Waals surface area contributed by atoms with Gasteiger partial charge in [-0.25, -0.2) is 8.42 Å². The number of anilines is 1. The highest BCUT2D eigenvalue weighted by Gasteiger charge is 2.28. The number of carbonyl (C=O) groups excluding carboxylic acids is 1. The third-order valence-corrected chi connectivity index (χ3v) is 6.51. The van der Waals surface area contributed by atoms with Gasteiger partial charge in [-0.1, -0.05) is 23.8 Å². The first-order valence-electron chi connectivity index (χ1n) is 9.83. The summed E-state index contributed by atoms with van der Waals surface area (Å²) in [7, 11) is -1.18. The highest BCUT2D eigenvalue weighted by atomic mass is 32.2. The van der Waals surface area contributed by atoms with E-state index in [0.29, 0.717) is 17.1 Å². The third kappa shape index (κ3) is 5.36. The van der Waals surface area contributed by atoms with Crippen LogP contribution in [-0.4, -0.2) is 40.1 Å². The number of hydrogen-bond donors (Lipinski definition) is 1. The Morgan fingerprint density at radius 2 is 1.72 bits per heavy atom. The Bertz CT molecular complexity index is 1170. The maximum atomic E-state index is 13.5. The van der Waals surface area contributed by atoms with Crippen LogP contribution >= 0.6 is 0 Å². The summed E-state index contributed by atoms with van der Waals surface area (Å²) < 4.78 is 38.6. The molecule has 0 saturated heterocycles. The zero-order valence-electron chi connectivity index (χ0n) is 18.1. The van der Waals surface area contributed by atoms with Gasteiger partial charge in [0.15, 0.2) is 11.5 Å². The van der Waals surface area contributed by atoms with Gasteiger partial charge in [0.2, 0.25) is 5.91 Å². The SMILES string of the molecule is COc1ccc(S(=O)(=O)N(CC(=O)NCc2ccccn2)c2ccc(C)cc2)cc1OC. The van der Waals surface area contributed by atoms with Gasteiger partial charge in [0.05, 0.1) is 37.0 Å². The second kappa shape index (κ2) is 10.1. The van der Waals surface area contributed by atoms with Crippen molar-refractivity contribution in [3.05, 3.63) is 78.1 Å². The smallest absolute Gasteiger partial charge is 0.264 e. The topological polar surface area (TPSA) is 97.8 Å². The van der Waals surface area contributed by atoms with Crippen LogP contribution in [0.2, 0.25) is 0 Å². The van der Waals surface area contributed by atoms with Crippen LogP contribution in [0.4, 0.5) is 5.69 Å². The second-order valence-electron chi connectivity index (χ2n) is 6.96. The number of ether oxygens (including phenoxy) is 2. The van der Waals surface area contributed by atoms with E-state index in [0.717, 1.165) is 9.87 Å². The first-order chi connectivity index (χ1) is 15.3. The fourth-order valence-electron chi connectivity index (χ4n) is 3.01. The Balaban J connectivity index is 1.91. The van der Waals surface area contributed by atoms with Crippen LogP contribution in [0.25, 0.3) is 0 Å². The van der Waals surface area contributed by atoms with E-state index >= 15 is 0 Å². The van der Waals surface area contributed by atoms with Crippen LogP contribution < -0.4 is 19.1 Å². The van der Waals surface area contributed by atoms with Crippen molar-refractivity contribution in [3.63, 3.8) is 0 Å². The van der Waals surface area contributed by atoms with Crippen molar-refractivity contribution < 1.29 is 22.7 Å². The number of nitrogens with one attached hydrogen (secondary N) is 1. The molecule has 9 heteroatoms. The van der Waals surface area contributed by atoms with Gasteiger partial charge in [-0.3, -0.25) is 14.1 Å². The second-order valence-corrected chi connectivity index (χ2v) is 8.82. The van der Waals surface area contributed by atoms with Crippen molar-refractivity contribution in [2.75, 3.05) is 25.1 Å². The highest BCUT2D eigenvalue weighted by Crippen LogP contribution is 2.32. The average Bonchev–Trinajstić information content (AvgIpc) is 2.82. The van der Waals surface area contributed by atoms with E-state index in [1.54, 1.807) is 42.6 Å². The Labute approximate surface area is 187 Å². The molecule has 0 saturated carbocycles. The molecule has 3 rings (SSSR count). The maximum Gasteiger partial charge on any atom is 0.264 e. The number of benzene rings is 2. The number of methoxy groups -OCH3 is 2. The molecule has 0 radical (unpaired) electrons. The summed E-state index contributed by atoms with van der Waals surface area (Å²) in [6.07, 6.45) is 1.63. The van der Waals surface area contributed by atoms with Gasteiger partial charge < -0.3 is 14.8 Å². The molecular formula is C23H25N3O5S. The molecule has 0 aliphatic rings. The van der Waals surface area contributed by atoms with Crippen LogP contribution in [-0.2, 0) is 21.4 Å². The third-order valence-electron chi connectivity index (χ3n) is 4.74. The van der Waals surface area contributed by atoms with Crippen molar-refractivity contribution in [2.24, 2.45) is 0 Å². The largest absolute Gasteiger partial charge is 0.493 e. The van der Waals surface area contributed by atoms with Crippen LogP contribution in [0.5, 0.6) is 11.5 Å². The highest BCUT2D eigenvalue weighted by molar-refractivity contribution is 7.92. The van der Waals surface area contributed by atoms with E-state index in [2.05, 4.69) is 10.3 Å². The summed E-state index contributed by atoms with van der Waals surface area (Å²) in [5.41, 5.74) is 2.01. The number of sulfonamides is 1. The summed E-state index contributed by atoms with van der Waals surface area (Å²) in [5, 5.41) is 2.72. The van der Waals surface area contributed by atoms with Crippen LogP contribution in [0.3, 0.4) is 0 Å². The Morgan fingerprint density at radius 3 is 2.34 bits per heavy atom. The molecule has 8 nitrogen and oxygen atoms in total. The summed E-state index contributed by atoms with van der Waals surface area (Å²) in [4.78, 5) is 16.8. The number of amides is 1. The van der Waals surface area contributed by atoms with Gasteiger partial charge >= 0.3 is 0 Å². The van der Waals surface area contributed by atoms with Gasteiger partial charge in [-0.2, -0.15) is 0 Å². The monoisotopic (exact) mass is 455 g/mol. The molecule has 3 aromatic rings. The zero-order chi connectivity index (χ0) is 23.1. The minimum absolute atomic E-state index is 0.0201. The van der Waals surface area contributed by atoms with Crippen molar-refractivity contribution in [1.29, 1.82) is 0 Å². The molecule has 1 aromatic heterocycles. The van der Waals surface area contributed by atoms with Crippen LogP contribution in [0, 0.1) is 6.92 Å². The van der Waals surface area contributed by atoms with E-state index < -0.39 is 22.5 Å². The molecule has 2 aromatic carbocycles. The molecule has 0 atom stereocenters. The summed E-state index contributed by atoms with van der Waals surface area (Å²) in [6.45, 7) is 1.70. The fourth-order valence-corrected chi connectivity index (χ4v) is 4.45. The summed E-state index contributed by atoms with van der Waals surface area (Å²) in [6, 6.07) is 16.6. The van der Waals surface area contributed by atoms with Crippen LogP contribution in [0.15, 0.2) is 71.8 Å². The van der Waals surface area contributed by atoms with Crippen molar-refractivity contribution in [2.45, 2.75) is 18.4 Å². The van der Waals surface area contributed by atoms with Crippen molar-refractivity contribution in [1.82, 2.24) is 10.3 Å². The molecule has 1 heterocycles. The Morgan fingerprint density at radius 1 is 1.00 bits per heavy atom. The lowest BCUT2D eigenvalue weighted by atomic mass is 10.2. The first kappa shape index (κ1) is 23.1. The molecule has 0 bridgehead atoms. The van der Waals surface area contributed by atoms with E-state index in [1.807, 2.05) is 13.0 Å². The molecule has 1 N–H and O–H groups in total. The molecule has 0 aliphatic heterocycles. The number of nitrogens with zero attached hydrogens (tertiary/aromatic N) is 2. The number of hydrogen-bond acceptors (Lipinski definition) is 6. The standard InChI is InChI=1S/C23H25N3O5S/c1-17-7-9-19(10-8-17)26(16-23(27)25-15-18-6-4-5-13-24-18)32(28,29)20-11-12-21(30-2)22(14-20)31-3/h4-14H,15-16H2,1-3H3,(H,25,27). The number of aryl methyl sites for hydroxylation is 1. The number of aromatic nitrogens is 1. The lowest BCUT2D eigenvalue weighted by molar-refractivity contribution is -0.119. The Kier molecular flexibility index (Phi) is 7.32. The normalized spacial score (nSPS) is 11.0. The maximum absolute atomic E-state index is 13.5. The quantitative estimate of drug-likeness (QED) is 0.533. The molecule has 0 unspecified atom stereocenters. The molecule has 32 heavy (non-hydrogen) atoms. The molecule has 0 fully saturated rings. The summed E-state index contributed by atoms with van der Waals surface area (Å²) in [5.74, 6) is 0.221. The molecule has 0 aliphatic carbocycles. The predicted molar refractivity (Wildman–Crippen MR) is 121 cm³/mol. The summed E-state index contributed by atoms with van der Waals surface area (Å²) >= 11 is 0. The number of pyridine rings is 1. The minimum atomic E-state index is -4.08. The fraction of sp³-hybridized carbons (Fsp3) is 0.217. The van der Waals surface area contributed by atoms with Gasteiger partial charge in [0.1, 0.15) is 6.54 Å². The molecule has 1 amide bonds. The van der Waals surface area contributed by atoms with E-state index in [9.17, 15) is 13.2 Å². The van der Waals surface area contributed by atoms with E-state index in [4.69, 9.17) is 9.47 Å². The average molecular weight is 456 g/mol. The van der Waals surface area contributed by atoms with Crippen LogP contribution in [0.1, 0.15) is 11.3 Å². The van der Waals surface area contributed by atoms with Gasteiger partial charge in [0, 0.05) is 12.3 Å². The molecular weight excluding hydrogens is 430 g/mol. The van der Waals surface area contributed by atoms with Crippen molar-refractivity contribution in [3.8, 4) is 11.5 Å². The minimum Gasteiger partial charge on any atom is -0.493 e. The predicted octanol–water partition coefficient (Wildman–Crippen LogP) is 2.92. The molecule has 0 spiro atoms. The number of rotatable bonds is 9. The van der Waals surface area contributed by atoms with E-state index in [-0.39, 0.29) is 17.2 Å². The lowest BCUT2D eigenvalue weighted by Crippen LogP contribution is -2.40. The molecule has 168 valence electrons. The number of carbonyl (C=O) groups is 1. The Hall–Kier alpha value is -3.59. The van der Waals surface area contributed by atoms with Gasteiger partial charge in [0.25, 0.3) is 10.0 Å². The first-order valence-corrected chi connectivity index (χ1v) is 11.3. The van der Waals surface area contributed by atoms with Gasteiger partial charge in [-0.15, -0.1) is 0 Å².